The second-order valence-electron chi connectivity index (χ2n) is 6.48. The van der Waals surface area contributed by atoms with E-state index in [4.69, 9.17) is 4.74 Å². The monoisotopic (exact) mass is 330 g/mol. The third kappa shape index (κ3) is 4.37. The topological polar surface area (TPSA) is 41.6 Å². The van der Waals surface area contributed by atoms with Gasteiger partial charge in [-0.1, -0.05) is 18.2 Å². The Kier molecular flexibility index (Phi) is 4.89. The standard InChI is InChI=1S/C16H21F3N2O2/c1-15(2,3)23-14(22)21-9-8-20-10-13(21)11-6-4-5-7-12(11)16(17,18)19/h4-7,13,20H,8-10H2,1-3H3/t13-/m0/s1. The quantitative estimate of drug-likeness (QED) is 0.856. The molecule has 0 spiro atoms. The normalized spacial score (nSPS) is 19.6. The van der Waals surface area contributed by atoms with Crippen LogP contribution in [-0.4, -0.2) is 36.2 Å². The van der Waals surface area contributed by atoms with Crippen molar-refractivity contribution in [2.75, 3.05) is 19.6 Å². The smallest absolute Gasteiger partial charge is 0.416 e. The molecule has 1 heterocycles. The zero-order valence-corrected chi connectivity index (χ0v) is 13.4. The van der Waals surface area contributed by atoms with Gasteiger partial charge in [-0.15, -0.1) is 0 Å². The van der Waals surface area contributed by atoms with Gasteiger partial charge in [0.25, 0.3) is 0 Å². The number of ether oxygens (including phenoxy) is 1. The van der Waals surface area contributed by atoms with Crippen molar-refractivity contribution in [2.24, 2.45) is 0 Å². The molecular weight excluding hydrogens is 309 g/mol. The van der Waals surface area contributed by atoms with Gasteiger partial charge in [-0.05, 0) is 32.4 Å². The minimum atomic E-state index is -4.46. The van der Waals surface area contributed by atoms with Gasteiger partial charge >= 0.3 is 12.3 Å². The Labute approximate surface area is 133 Å². The first kappa shape index (κ1) is 17.6. The SMILES string of the molecule is CC(C)(C)OC(=O)N1CCNC[C@H]1c1ccccc1C(F)(F)F. The summed E-state index contributed by atoms with van der Waals surface area (Å²) in [7, 11) is 0. The van der Waals surface area contributed by atoms with Gasteiger partial charge in [0, 0.05) is 19.6 Å². The molecule has 4 nitrogen and oxygen atoms in total. The number of benzene rings is 1. The first-order valence-electron chi connectivity index (χ1n) is 7.46. The van der Waals surface area contributed by atoms with Crippen molar-refractivity contribution in [3.05, 3.63) is 35.4 Å². The molecule has 1 N–H and O–H groups in total. The van der Waals surface area contributed by atoms with E-state index in [0.717, 1.165) is 6.07 Å². The number of carbonyl (C=O) groups excluding carboxylic acids is 1. The molecule has 0 radical (unpaired) electrons. The summed E-state index contributed by atoms with van der Waals surface area (Å²) in [5, 5.41) is 3.04. The molecule has 1 atom stereocenters. The molecule has 7 heteroatoms. The first-order chi connectivity index (χ1) is 10.6. The van der Waals surface area contributed by atoms with E-state index < -0.39 is 29.5 Å². The molecule has 1 saturated heterocycles. The van der Waals surface area contributed by atoms with Gasteiger partial charge < -0.3 is 10.1 Å². The lowest BCUT2D eigenvalue weighted by atomic mass is 9.97. The van der Waals surface area contributed by atoms with E-state index in [0.29, 0.717) is 13.1 Å². The Bertz CT molecular complexity index is 567. The van der Waals surface area contributed by atoms with E-state index in [2.05, 4.69) is 5.32 Å². The van der Waals surface area contributed by atoms with Crippen molar-refractivity contribution in [1.29, 1.82) is 0 Å². The highest BCUT2D eigenvalue weighted by Gasteiger charge is 2.39. The fraction of sp³-hybridized carbons (Fsp3) is 0.562. The Balaban J connectivity index is 2.34. The molecule has 0 aliphatic carbocycles. The van der Waals surface area contributed by atoms with Crippen molar-refractivity contribution in [1.82, 2.24) is 10.2 Å². The molecule has 1 aliphatic heterocycles. The number of alkyl halides is 3. The van der Waals surface area contributed by atoms with Crippen molar-refractivity contribution in [2.45, 2.75) is 38.6 Å². The fourth-order valence-corrected chi connectivity index (χ4v) is 2.57. The van der Waals surface area contributed by atoms with Crippen LogP contribution in [0.15, 0.2) is 24.3 Å². The van der Waals surface area contributed by atoms with Gasteiger partial charge in [0.15, 0.2) is 0 Å². The van der Waals surface area contributed by atoms with Gasteiger partial charge in [-0.2, -0.15) is 13.2 Å². The average Bonchev–Trinajstić information content (AvgIpc) is 2.44. The average molecular weight is 330 g/mol. The molecule has 1 aromatic carbocycles. The molecule has 128 valence electrons. The molecule has 1 aromatic rings. The number of hydrogen-bond acceptors (Lipinski definition) is 3. The number of piperazine rings is 1. The van der Waals surface area contributed by atoms with Crippen LogP contribution < -0.4 is 5.32 Å². The molecule has 0 saturated carbocycles. The van der Waals surface area contributed by atoms with Gasteiger partial charge in [-0.3, -0.25) is 4.90 Å². The van der Waals surface area contributed by atoms with Gasteiger partial charge in [0.1, 0.15) is 5.60 Å². The zero-order valence-electron chi connectivity index (χ0n) is 13.4. The van der Waals surface area contributed by atoms with Crippen molar-refractivity contribution in [3.8, 4) is 0 Å². The Hall–Kier alpha value is -1.76. The lowest BCUT2D eigenvalue weighted by Crippen LogP contribution is -2.50. The molecule has 1 fully saturated rings. The van der Waals surface area contributed by atoms with E-state index in [-0.39, 0.29) is 12.1 Å². The van der Waals surface area contributed by atoms with Gasteiger partial charge in [0.05, 0.1) is 11.6 Å². The molecule has 1 aliphatic rings. The van der Waals surface area contributed by atoms with Crippen molar-refractivity contribution < 1.29 is 22.7 Å². The molecule has 0 aromatic heterocycles. The summed E-state index contributed by atoms with van der Waals surface area (Å²) in [4.78, 5) is 13.7. The largest absolute Gasteiger partial charge is 0.444 e. The summed E-state index contributed by atoms with van der Waals surface area (Å²) in [6.45, 7) is 6.26. The van der Waals surface area contributed by atoms with Crippen molar-refractivity contribution >= 4 is 6.09 Å². The third-order valence-corrected chi connectivity index (χ3v) is 3.50. The van der Waals surface area contributed by atoms with E-state index in [1.807, 2.05) is 0 Å². The highest BCUT2D eigenvalue weighted by atomic mass is 19.4. The van der Waals surface area contributed by atoms with Crippen molar-refractivity contribution in [3.63, 3.8) is 0 Å². The van der Waals surface area contributed by atoms with E-state index in [9.17, 15) is 18.0 Å². The summed E-state index contributed by atoms with van der Waals surface area (Å²) in [6, 6.07) is 4.64. The Morgan fingerprint density at radius 1 is 1.26 bits per heavy atom. The number of nitrogens with one attached hydrogen (secondary N) is 1. The number of halogens is 3. The number of rotatable bonds is 1. The van der Waals surface area contributed by atoms with Crippen LogP contribution in [0.5, 0.6) is 0 Å². The Morgan fingerprint density at radius 2 is 1.91 bits per heavy atom. The maximum atomic E-state index is 13.2. The summed E-state index contributed by atoms with van der Waals surface area (Å²) in [5.41, 5.74) is -1.34. The number of amides is 1. The minimum Gasteiger partial charge on any atom is -0.444 e. The van der Waals surface area contributed by atoms with E-state index in [1.165, 1.54) is 17.0 Å². The van der Waals surface area contributed by atoms with Crippen LogP contribution >= 0.6 is 0 Å². The van der Waals surface area contributed by atoms with Crippen LogP contribution in [0.4, 0.5) is 18.0 Å². The van der Waals surface area contributed by atoms with Crippen LogP contribution in [0, 0.1) is 0 Å². The van der Waals surface area contributed by atoms with Gasteiger partial charge in [0.2, 0.25) is 0 Å². The summed E-state index contributed by atoms with van der Waals surface area (Å²) in [5.74, 6) is 0. The second kappa shape index (κ2) is 6.39. The summed E-state index contributed by atoms with van der Waals surface area (Å²) >= 11 is 0. The lowest BCUT2D eigenvalue weighted by molar-refractivity contribution is -0.138. The maximum Gasteiger partial charge on any atom is 0.416 e. The number of hydrogen-bond donors (Lipinski definition) is 1. The highest BCUT2D eigenvalue weighted by Crippen LogP contribution is 2.37. The van der Waals surface area contributed by atoms with Crippen LogP contribution in [0.1, 0.15) is 37.9 Å². The molecule has 0 unspecified atom stereocenters. The summed E-state index contributed by atoms with van der Waals surface area (Å²) < 4.78 is 45.1. The van der Waals surface area contributed by atoms with E-state index >= 15 is 0 Å². The predicted molar refractivity (Wildman–Crippen MR) is 80.0 cm³/mol. The second-order valence-corrected chi connectivity index (χ2v) is 6.48. The molecular formula is C16H21F3N2O2. The van der Waals surface area contributed by atoms with Crippen LogP contribution in [0.2, 0.25) is 0 Å². The number of carbonyl (C=O) groups is 1. The minimum absolute atomic E-state index is 0.0815. The molecule has 2 rings (SSSR count). The Morgan fingerprint density at radius 3 is 2.52 bits per heavy atom. The molecule has 23 heavy (non-hydrogen) atoms. The highest BCUT2D eigenvalue weighted by molar-refractivity contribution is 5.69. The zero-order chi connectivity index (χ0) is 17.3. The maximum absolute atomic E-state index is 13.2. The third-order valence-electron chi connectivity index (χ3n) is 3.50. The molecule has 1 amide bonds. The summed E-state index contributed by atoms with van der Waals surface area (Å²) in [6.07, 6.45) is -5.06. The fourth-order valence-electron chi connectivity index (χ4n) is 2.57. The van der Waals surface area contributed by atoms with Crippen LogP contribution in [0.25, 0.3) is 0 Å². The van der Waals surface area contributed by atoms with Crippen LogP contribution in [-0.2, 0) is 10.9 Å². The van der Waals surface area contributed by atoms with E-state index in [1.54, 1.807) is 26.8 Å². The number of nitrogens with zero attached hydrogens (tertiary/aromatic N) is 1. The lowest BCUT2D eigenvalue weighted by Gasteiger charge is -2.38. The molecule has 0 bridgehead atoms. The van der Waals surface area contributed by atoms with Gasteiger partial charge in [-0.25, -0.2) is 4.79 Å². The van der Waals surface area contributed by atoms with Crippen LogP contribution in [0.3, 0.4) is 0 Å². The first-order valence-corrected chi connectivity index (χ1v) is 7.46. The predicted octanol–water partition coefficient (Wildman–Crippen LogP) is 3.59.